The van der Waals surface area contributed by atoms with Gasteiger partial charge in [0.05, 0.1) is 0 Å². The van der Waals surface area contributed by atoms with E-state index in [9.17, 15) is 4.79 Å². The van der Waals surface area contributed by atoms with Crippen molar-refractivity contribution in [2.45, 2.75) is 52.4 Å². The molecule has 0 heterocycles. The largest absolute Gasteiger partial charge is 0.298 e. The molecule has 0 N–H and O–H groups in total. The van der Waals surface area contributed by atoms with E-state index in [4.69, 9.17) is 0 Å². The highest BCUT2D eigenvalue weighted by Crippen LogP contribution is 2.28. The molecule has 0 bridgehead atoms. The fourth-order valence-corrected chi connectivity index (χ4v) is 2.85. The maximum absolute atomic E-state index is 11.5. The Morgan fingerprint density at radius 2 is 1.60 bits per heavy atom. The third-order valence-electron chi connectivity index (χ3n) is 3.98. The van der Waals surface area contributed by atoms with Crippen LogP contribution in [0.1, 0.15) is 61.0 Å². The average Bonchev–Trinajstić information content (AvgIpc) is 2.50. The van der Waals surface area contributed by atoms with Gasteiger partial charge in [-0.2, -0.15) is 0 Å². The van der Waals surface area contributed by atoms with Crippen molar-refractivity contribution < 1.29 is 4.79 Å². The molecule has 20 heavy (non-hydrogen) atoms. The second kappa shape index (κ2) is 7.23. The first-order valence-corrected chi connectivity index (χ1v) is 7.80. The lowest BCUT2D eigenvalue weighted by Gasteiger charge is -2.14. The Balaban J connectivity index is 2.57. The first-order chi connectivity index (χ1) is 9.81. The highest BCUT2D eigenvalue weighted by Gasteiger charge is 2.11. The number of carbonyl (C=O) groups excluding carboxylic acids is 1. The quantitative estimate of drug-likeness (QED) is 0.620. The summed E-state index contributed by atoms with van der Waals surface area (Å²) in [7, 11) is 0. The molecule has 0 radical (unpaired) electrons. The predicted octanol–water partition coefficient (Wildman–Crippen LogP) is 5.34. The van der Waals surface area contributed by atoms with Crippen LogP contribution >= 0.6 is 0 Å². The van der Waals surface area contributed by atoms with Gasteiger partial charge in [0.2, 0.25) is 0 Å². The molecule has 0 atom stereocenters. The number of rotatable bonds is 7. The zero-order chi connectivity index (χ0) is 14.4. The first kappa shape index (κ1) is 14.8. The van der Waals surface area contributed by atoms with Gasteiger partial charge in [-0.1, -0.05) is 51.0 Å². The van der Waals surface area contributed by atoms with Crippen LogP contribution in [0, 0.1) is 0 Å². The molecule has 0 fully saturated rings. The zero-order valence-electron chi connectivity index (χ0n) is 12.6. The number of carbonyl (C=O) groups is 1. The Morgan fingerprint density at radius 1 is 0.950 bits per heavy atom. The van der Waals surface area contributed by atoms with Crippen molar-refractivity contribution in [3.63, 3.8) is 0 Å². The summed E-state index contributed by atoms with van der Waals surface area (Å²) in [4.78, 5) is 11.5. The molecule has 106 valence electrons. The highest BCUT2D eigenvalue weighted by atomic mass is 16.1. The van der Waals surface area contributed by atoms with E-state index < -0.39 is 0 Å². The number of aryl methyl sites for hydroxylation is 2. The lowest BCUT2D eigenvalue weighted by atomic mass is 9.90. The second-order valence-corrected chi connectivity index (χ2v) is 5.47. The topological polar surface area (TPSA) is 17.1 Å². The van der Waals surface area contributed by atoms with E-state index in [1.54, 1.807) is 0 Å². The number of aldehydes is 1. The summed E-state index contributed by atoms with van der Waals surface area (Å²) in [5, 5.41) is 2.61. The molecule has 1 nitrogen and oxygen atoms in total. The molecule has 1 heteroatoms. The van der Waals surface area contributed by atoms with Gasteiger partial charge in [-0.25, -0.2) is 0 Å². The predicted molar refractivity (Wildman–Crippen MR) is 86.6 cm³/mol. The van der Waals surface area contributed by atoms with E-state index in [2.05, 4.69) is 44.2 Å². The van der Waals surface area contributed by atoms with Crippen molar-refractivity contribution >= 4 is 17.1 Å². The smallest absolute Gasteiger partial charge is 0.150 e. The summed E-state index contributed by atoms with van der Waals surface area (Å²) in [6.45, 7) is 4.40. The lowest BCUT2D eigenvalue weighted by Crippen LogP contribution is -1.99. The molecule has 0 aromatic heterocycles. The molecular formula is C19H24O. The average molecular weight is 268 g/mol. The van der Waals surface area contributed by atoms with E-state index in [1.165, 1.54) is 34.7 Å². The summed E-state index contributed by atoms with van der Waals surface area (Å²) >= 11 is 0. The molecule has 0 spiro atoms. The molecule has 0 aliphatic carbocycles. The van der Waals surface area contributed by atoms with Gasteiger partial charge in [-0.3, -0.25) is 4.79 Å². The van der Waals surface area contributed by atoms with Crippen LogP contribution in [0.15, 0.2) is 30.3 Å². The Morgan fingerprint density at radius 3 is 2.25 bits per heavy atom. The molecule has 0 amide bonds. The van der Waals surface area contributed by atoms with Crippen LogP contribution in [0.4, 0.5) is 0 Å². The molecule has 0 unspecified atom stereocenters. The standard InChI is InChI=1S/C19H24O/c1-3-5-9-15-13-16(14-20)18(10-6-4-2)19-12-8-7-11-17(15)19/h7-8,11-14H,3-6,9-10H2,1-2H3. The number of hydrogen-bond donors (Lipinski definition) is 0. The van der Waals surface area contributed by atoms with Crippen LogP contribution in [-0.2, 0) is 12.8 Å². The lowest BCUT2D eigenvalue weighted by molar-refractivity contribution is 0.112. The van der Waals surface area contributed by atoms with Gasteiger partial charge in [0.15, 0.2) is 0 Å². The second-order valence-electron chi connectivity index (χ2n) is 5.47. The van der Waals surface area contributed by atoms with Crippen molar-refractivity contribution in [3.8, 4) is 0 Å². The summed E-state index contributed by atoms with van der Waals surface area (Å²) in [6.07, 6.45) is 7.75. The summed E-state index contributed by atoms with van der Waals surface area (Å²) < 4.78 is 0. The molecular weight excluding hydrogens is 244 g/mol. The van der Waals surface area contributed by atoms with E-state index in [0.29, 0.717) is 0 Å². The van der Waals surface area contributed by atoms with Gasteiger partial charge < -0.3 is 0 Å². The minimum atomic E-state index is 0.892. The van der Waals surface area contributed by atoms with Gasteiger partial charge in [-0.05, 0) is 53.6 Å². The monoisotopic (exact) mass is 268 g/mol. The molecule has 2 aromatic carbocycles. The van der Waals surface area contributed by atoms with E-state index >= 15 is 0 Å². The molecule has 0 saturated carbocycles. The fraction of sp³-hybridized carbons (Fsp3) is 0.421. The van der Waals surface area contributed by atoms with Gasteiger partial charge in [0, 0.05) is 5.56 Å². The van der Waals surface area contributed by atoms with Crippen molar-refractivity contribution in [1.29, 1.82) is 0 Å². The van der Waals surface area contributed by atoms with Crippen molar-refractivity contribution in [3.05, 3.63) is 47.0 Å². The van der Waals surface area contributed by atoms with Gasteiger partial charge in [0.25, 0.3) is 0 Å². The number of hydrogen-bond acceptors (Lipinski definition) is 1. The van der Waals surface area contributed by atoms with E-state index in [0.717, 1.165) is 37.5 Å². The van der Waals surface area contributed by atoms with Crippen LogP contribution in [0.5, 0.6) is 0 Å². The molecule has 0 aliphatic rings. The van der Waals surface area contributed by atoms with Crippen molar-refractivity contribution in [1.82, 2.24) is 0 Å². The van der Waals surface area contributed by atoms with Crippen LogP contribution in [0.3, 0.4) is 0 Å². The molecule has 2 rings (SSSR count). The molecule has 2 aromatic rings. The zero-order valence-corrected chi connectivity index (χ0v) is 12.6. The maximum Gasteiger partial charge on any atom is 0.150 e. The number of unbranched alkanes of at least 4 members (excludes halogenated alkanes) is 2. The van der Waals surface area contributed by atoms with E-state index in [-0.39, 0.29) is 0 Å². The third-order valence-corrected chi connectivity index (χ3v) is 3.98. The number of fused-ring (bicyclic) bond motifs is 1. The van der Waals surface area contributed by atoms with Gasteiger partial charge >= 0.3 is 0 Å². The highest BCUT2D eigenvalue weighted by molar-refractivity contribution is 5.95. The van der Waals surface area contributed by atoms with Crippen LogP contribution in [-0.4, -0.2) is 6.29 Å². The number of benzene rings is 2. The SMILES string of the molecule is CCCCc1cc(C=O)c(CCCC)c2ccccc12. The van der Waals surface area contributed by atoms with Crippen molar-refractivity contribution in [2.24, 2.45) is 0 Å². The minimum Gasteiger partial charge on any atom is -0.298 e. The minimum absolute atomic E-state index is 0.892. The first-order valence-electron chi connectivity index (χ1n) is 7.80. The summed E-state index contributed by atoms with van der Waals surface area (Å²) in [6, 6.07) is 10.7. The van der Waals surface area contributed by atoms with Crippen LogP contribution in [0.2, 0.25) is 0 Å². The van der Waals surface area contributed by atoms with E-state index in [1.807, 2.05) is 0 Å². The maximum atomic E-state index is 11.5. The Kier molecular flexibility index (Phi) is 5.34. The molecule has 0 saturated heterocycles. The summed E-state index contributed by atoms with van der Waals surface area (Å²) in [5.74, 6) is 0. The van der Waals surface area contributed by atoms with Gasteiger partial charge in [0.1, 0.15) is 6.29 Å². The third kappa shape index (κ3) is 3.09. The van der Waals surface area contributed by atoms with Gasteiger partial charge in [-0.15, -0.1) is 0 Å². The Labute approximate surface area is 122 Å². The molecule has 0 aliphatic heterocycles. The van der Waals surface area contributed by atoms with Crippen LogP contribution < -0.4 is 0 Å². The summed E-state index contributed by atoms with van der Waals surface area (Å²) in [5.41, 5.74) is 3.45. The Bertz CT molecular complexity index is 584. The Hall–Kier alpha value is -1.63. The van der Waals surface area contributed by atoms with Crippen molar-refractivity contribution in [2.75, 3.05) is 0 Å². The normalized spacial score (nSPS) is 10.9. The fourth-order valence-electron chi connectivity index (χ4n) is 2.85. The van der Waals surface area contributed by atoms with Crippen LogP contribution in [0.25, 0.3) is 10.8 Å².